The molecular weight excluding hydrogens is 340 g/mol. The smallest absolute Gasteiger partial charge is 0.344 e. The Kier molecular flexibility index (Phi) is 4.01. The highest BCUT2D eigenvalue weighted by molar-refractivity contribution is 6.31. The molecule has 0 bridgehead atoms. The predicted molar refractivity (Wildman–Crippen MR) is 91.1 cm³/mol. The van der Waals surface area contributed by atoms with Crippen LogP contribution in [0.2, 0.25) is 0 Å². The Bertz CT molecular complexity index is 1010. The number of anilines is 2. The molecule has 130 valence electrons. The van der Waals surface area contributed by atoms with E-state index in [1.54, 1.807) is 12.1 Å². The second-order valence-corrected chi connectivity index (χ2v) is 5.47. The van der Waals surface area contributed by atoms with Crippen LogP contribution in [0.15, 0.2) is 48.2 Å². The number of carboxylic acid groups (broad SMARTS) is 2. The fourth-order valence-corrected chi connectivity index (χ4v) is 2.73. The molecule has 0 saturated heterocycles. The molecule has 26 heavy (non-hydrogen) atoms. The molecule has 2 aromatic carbocycles. The lowest BCUT2D eigenvalue weighted by molar-refractivity contribution is -0.140. The quantitative estimate of drug-likeness (QED) is 0.239. The lowest BCUT2D eigenvalue weighted by atomic mass is 9.82. The Morgan fingerprint density at radius 3 is 1.96 bits per heavy atom. The first kappa shape index (κ1) is 16.9. The molecule has 3 rings (SSSR count). The van der Waals surface area contributed by atoms with Gasteiger partial charge >= 0.3 is 11.9 Å². The van der Waals surface area contributed by atoms with Crippen LogP contribution in [0.5, 0.6) is 0 Å². The van der Waals surface area contributed by atoms with Crippen LogP contribution in [0.25, 0.3) is 0 Å². The molecule has 0 atom stereocenters. The normalized spacial score (nSPS) is 12.0. The van der Waals surface area contributed by atoms with Crippen molar-refractivity contribution >= 4 is 34.9 Å². The summed E-state index contributed by atoms with van der Waals surface area (Å²) in [7, 11) is 0. The topological polar surface area (TPSA) is 147 Å². The number of nitrogens with two attached hydrogens (primary N) is 1. The van der Waals surface area contributed by atoms with E-state index in [9.17, 15) is 19.2 Å². The number of nitrogens with one attached hydrogen (secondary N) is 1. The third-order valence-electron chi connectivity index (χ3n) is 3.94. The molecular formula is C18H12N2O6. The van der Waals surface area contributed by atoms with Gasteiger partial charge < -0.3 is 21.3 Å². The van der Waals surface area contributed by atoms with Crippen molar-refractivity contribution < 1.29 is 29.4 Å². The maximum atomic E-state index is 12.8. The van der Waals surface area contributed by atoms with E-state index in [1.807, 2.05) is 0 Å². The fourth-order valence-electron chi connectivity index (χ4n) is 2.73. The van der Waals surface area contributed by atoms with Crippen molar-refractivity contribution in [2.75, 3.05) is 11.1 Å². The standard InChI is InChI=1S/C18H12N2O6/c19-11-5-6-12(20-7-10(17(23)24)18(25)26)14-13(11)15(21)8-3-1-2-4-9(8)16(14)22/h1-7,20H,19H2,(H,23,24)(H,25,26). The second-order valence-electron chi connectivity index (χ2n) is 5.47. The average Bonchev–Trinajstić information content (AvgIpc) is 2.60. The zero-order valence-electron chi connectivity index (χ0n) is 13.1. The van der Waals surface area contributed by atoms with E-state index in [0.29, 0.717) is 0 Å². The van der Waals surface area contributed by atoms with Crippen LogP contribution >= 0.6 is 0 Å². The van der Waals surface area contributed by atoms with Crippen molar-refractivity contribution in [2.24, 2.45) is 0 Å². The summed E-state index contributed by atoms with van der Waals surface area (Å²) in [4.78, 5) is 47.5. The van der Waals surface area contributed by atoms with Crippen LogP contribution in [0.4, 0.5) is 11.4 Å². The third kappa shape index (κ3) is 2.59. The Hall–Kier alpha value is -3.94. The number of aliphatic carboxylic acids is 2. The fraction of sp³-hybridized carbons (Fsp3) is 0. The maximum absolute atomic E-state index is 12.8. The van der Waals surface area contributed by atoms with E-state index in [1.165, 1.54) is 24.3 Å². The number of rotatable bonds is 4. The van der Waals surface area contributed by atoms with Crippen molar-refractivity contribution in [1.82, 2.24) is 0 Å². The van der Waals surface area contributed by atoms with E-state index >= 15 is 0 Å². The Balaban J connectivity index is 2.16. The summed E-state index contributed by atoms with van der Waals surface area (Å²) >= 11 is 0. The minimum Gasteiger partial charge on any atom is -0.477 e. The Morgan fingerprint density at radius 2 is 1.42 bits per heavy atom. The van der Waals surface area contributed by atoms with Gasteiger partial charge in [0.05, 0.1) is 16.8 Å². The summed E-state index contributed by atoms with van der Waals surface area (Å²) in [6, 6.07) is 9.02. The van der Waals surface area contributed by atoms with Crippen LogP contribution in [-0.4, -0.2) is 33.7 Å². The molecule has 0 saturated carbocycles. The van der Waals surface area contributed by atoms with Crippen molar-refractivity contribution in [3.8, 4) is 0 Å². The minimum atomic E-state index is -1.65. The number of hydrogen-bond donors (Lipinski definition) is 4. The van der Waals surface area contributed by atoms with E-state index in [-0.39, 0.29) is 33.6 Å². The summed E-state index contributed by atoms with van der Waals surface area (Å²) in [6.07, 6.45) is 0.745. The van der Waals surface area contributed by atoms with Gasteiger partial charge in [0.25, 0.3) is 0 Å². The van der Waals surface area contributed by atoms with Gasteiger partial charge in [-0.25, -0.2) is 9.59 Å². The summed E-state index contributed by atoms with van der Waals surface area (Å²) in [5.74, 6) is -4.20. The maximum Gasteiger partial charge on any atom is 0.344 e. The molecule has 0 spiro atoms. The number of benzene rings is 2. The second kappa shape index (κ2) is 6.17. The van der Waals surface area contributed by atoms with Gasteiger partial charge in [-0.15, -0.1) is 0 Å². The van der Waals surface area contributed by atoms with E-state index in [4.69, 9.17) is 15.9 Å². The first-order valence-electron chi connectivity index (χ1n) is 7.37. The first-order valence-corrected chi connectivity index (χ1v) is 7.37. The van der Waals surface area contributed by atoms with Gasteiger partial charge in [0.15, 0.2) is 17.1 Å². The van der Waals surface area contributed by atoms with Gasteiger partial charge in [-0.1, -0.05) is 24.3 Å². The van der Waals surface area contributed by atoms with Crippen LogP contribution in [0.1, 0.15) is 31.8 Å². The largest absolute Gasteiger partial charge is 0.477 e. The molecule has 2 aromatic rings. The molecule has 0 amide bonds. The van der Waals surface area contributed by atoms with Crippen LogP contribution in [-0.2, 0) is 9.59 Å². The summed E-state index contributed by atoms with van der Waals surface area (Å²) in [5.41, 5.74) is 5.51. The molecule has 0 fully saturated rings. The highest BCUT2D eigenvalue weighted by Gasteiger charge is 2.33. The van der Waals surface area contributed by atoms with Crippen LogP contribution < -0.4 is 11.1 Å². The molecule has 0 heterocycles. The van der Waals surface area contributed by atoms with Gasteiger partial charge in [0.1, 0.15) is 0 Å². The van der Waals surface area contributed by atoms with Crippen LogP contribution in [0.3, 0.4) is 0 Å². The molecule has 0 unspecified atom stereocenters. The molecule has 8 heteroatoms. The number of fused-ring (bicyclic) bond motifs is 2. The number of carboxylic acids is 2. The number of hydrogen-bond acceptors (Lipinski definition) is 6. The molecule has 5 N–H and O–H groups in total. The molecule has 8 nitrogen and oxygen atoms in total. The number of ketones is 2. The summed E-state index contributed by atoms with van der Waals surface area (Å²) < 4.78 is 0. The van der Waals surface area contributed by atoms with Crippen molar-refractivity contribution in [1.29, 1.82) is 0 Å². The molecule has 0 radical (unpaired) electrons. The Morgan fingerprint density at radius 1 is 0.885 bits per heavy atom. The van der Waals surface area contributed by atoms with Gasteiger partial charge in [0.2, 0.25) is 0 Å². The number of nitrogen functional groups attached to an aromatic ring is 1. The predicted octanol–water partition coefficient (Wildman–Crippen LogP) is 1.51. The highest BCUT2D eigenvalue weighted by Crippen LogP contribution is 2.35. The lowest BCUT2D eigenvalue weighted by Crippen LogP contribution is -2.23. The van der Waals surface area contributed by atoms with Gasteiger partial charge in [-0.3, -0.25) is 9.59 Å². The molecule has 0 aliphatic heterocycles. The van der Waals surface area contributed by atoms with Crippen molar-refractivity contribution in [3.63, 3.8) is 0 Å². The first-order chi connectivity index (χ1) is 12.3. The van der Waals surface area contributed by atoms with Crippen LogP contribution in [0, 0.1) is 0 Å². The SMILES string of the molecule is Nc1ccc(NC=C(C(=O)O)C(=O)O)c2c1C(=O)c1ccccc1C2=O. The van der Waals surface area contributed by atoms with Crippen molar-refractivity contribution in [3.05, 3.63) is 70.4 Å². The number of carbonyl (C=O) groups is 4. The molecule has 0 aromatic heterocycles. The highest BCUT2D eigenvalue weighted by atomic mass is 16.4. The van der Waals surface area contributed by atoms with Gasteiger partial charge in [-0.2, -0.15) is 0 Å². The lowest BCUT2D eigenvalue weighted by Gasteiger charge is -2.21. The van der Waals surface area contributed by atoms with Gasteiger partial charge in [-0.05, 0) is 12.1 Å². The van der Waals surface area contributed by atoms with Gasteiger partial charge in [0, 0.05) is 23.0 Å². The summed E-state index contributed by atoms with van der Waals surface area (Å²) in [5, 5.41) is 20.3. The Labute approximate surface area is 146 Å². The van der Waals surface area contributed by atoms with E-state index < -0.39 is 29.1 Å². The van der Waals surface area contributed by atoms with E-state index in [2.05, 4.69) is 5.32 Å². The number of carbonyl (C=O) groups excluding carboxylic acids is 2. The zero-order valence-corrected chi connectivity index (χ0v) is 13.1. The molecule has 1 aliphatic carbocycles. The minimum absolute atomic E-state index is 0.000648. The zero-order chi connectivity index (χ0) is 19.0. The van der Waals surface area contributed by atoms with Crippen molar-refractivity contribution in [2.45, 2.75) is 0 Å². The monoisotopic (exact) mass is 352 g/mol. The average molecular weight is 352 g/mol. The summed E-state index contributed by atoms with van der Waals surface area (Å²) in [6.45, 7) is 0. The van der Waals surface area contributed by atoms with E-state index in [0.717, 1.165) is 6.20 Å². The molecule has 1 aliphatic rings. The third-order valence-corrected chi connectivity index (χ3v) is 3.94.